The number of ether oxygens (including phenoxy) is 1. The van der Waals surface area contributed by atoms with Crippen molar-refractivity contribution in [3.8, 4) is 0 Å². The first kappa shape index (κ1) is 18.4. The molecule has 0 unspecified atom stereocenters. The second-order valence-corrected chi connectivity index (χ2v) is 8.23. The van der Waals surface area contributed by atoms with Crippen LogP contribution in [0.1, 0.15) is 43.1 Å². The van der Waals surface area contributed by atoms with Crippen LogP contribution in [-0.4, -0.2) is 40.1 Å². The summed E-state index contributed by atoms with van der Waals surface area (Å²) in [6.45, 7) is 2.05. The predicted molar refractivity (Wildman–Crippen MR) is 113 cm³/mol. The lowest BCUT2D eigenvalue weighted by Gasteiger charge is -2.40. The van der Waals surface area contributed by atoms with Gasteiger partial charge in [0.1, 0.15) is 5.82 Å². The number of benzene rings is 2. The smallest absolute Gasteiger partial charge is 0.234 e. The molecule has 2 aliphatic rings. The quantitative estimate of drug-likeness (QED) is 0.681. The van der Waals surface area contributed by atoms with Gasteiger partial charge in [-0.15, -0.1) is 0 Å². The van der Waals surface area contributed by atoms with Crippen LogP contribution in [0.4, 0.5) is 0 Å². The lowest BCUT2D eigenvalue weighted by Crippen LogP contribution is -2.49. The van der Waals surface area contributed by atoms with Gasteiger partial charge in [0.05, 0.1) is 22.5 Å². The molecule has 0 spiro atoms. The topological polar surface area (TPSA) is 47.4 Å². The van der Waals surface area contributed by atoms with Gasteiger partial charge in [-0.1, -0.05) is 42.5 Å². The number of carbonyl (C=O) groups is 1. The number of hydrogen-bond acceptors (Lipinski definition) is 3. The largest absolute Gasteiger partial charge is 0.381 e. The minimum absolute atomic E-state index is 0.0309. The van der Waals surface area contributed by atoms with Gasteiger partial charge in [-0.05, 0) is 43.4 Å². The molecular formula is C24H27N3O2. The fourth-order valence-corrected chi connectivity index (χ4v) is 5.12. The zero-order valence-corrected chi connectivity index (χ0v) is 16.9. The number of likely N-dealkylation sites (tertiary alicyclic amines) is 1. The van der Waals surface area contributed by atoms with E-state index in [1.165, 1.54) is 0 Å². The molecule has 2 aromatic carbocycles. The minimum Gasteiger partial charge on any atom is -0.381 e. The number of aromatic nitrogens is 2. The molecule has 5 nitrogen and oxygen atoms in total. The molecule has 0 radical (unpaired) electrons. The second kappa shape index (κ2) is 7.30. The van der Waals surface area contributed by atoms with Crippen molar-refractivity contribution < 1.29 is 9.53 Å². The number of aryl methyl sites for hydroxylation is 1. The summed E-state index contributed by atoms with van der Waals surface area (Å²) in [6.07, 6.45) is 3.45. The van der Waals surface area contributed by atoms with Crippen LogP contribution in [0.25, 0.3) is 11.0 Å². The van der Waals surface area contributed by atoms with Crippen LogP contribution in [0.5, 0.6) is 0 Å². The molecule has 5 rings (SSSR count). The third kappa shape index (κ3) is 2.96. The zero-order valence-electron chi connectivity index (χ0n) is 16.9. The molecular weight excluding hydrogens is 362 g/mol. The van der Waals surface area contributed by atoms with Crippen LogP contribution in [0, 0.1) is 0 Å². The summed E-state index contributed by atoms with van der Waals surface area (Å²) in [7, 11) is 2.06. The molecule has 3 aromatic rings. The summed E-state index contributed by atoms with van der Waals surface area (Å²) in [4.78, 5) is 21.1. The lowest BCUT2D eigenvalue weighted by molar-refractivity contribution is -0.142. The van der Waals surface area contributed by atoms with Crippen molar-refractivity contribution in [2.24, 2.45) is 7.05 Å². The van der Waals surface area contributed by atoms with Gasteiger partial charge >= 0.3 is 0 Å². The Morgan fingerprint density at radius 1 is 1.07 bits per heavy atom. The van der Waals surface area contributed by atoms with E-state index in [4.69, 9.17) is 9.72 Å². The molecule has 1 amide bonds. The van der Waals surface area contributed by atoms with Gasteiger partial charge in [0.15, 0.2) is 0 Å². The Morgan fingerprint density at radius 3 is 2.55 bits per heavy atom. The molecule has 3 heterocycles. The molecule has 5 heteroatoms. The number of fused-ring (bicyclic) bond motifs is 1. The summed E-state index contributed by atoms with van der Waals surface area (Å²) >= 11 is 0. The van der Waals surface area contributed by atoms with Gasteiger partial charge in [0.2, 0.25) is 5.91 Å². The van der Waals surface area contributed by atoms with Crippen molar-refractivity contribution in [3.63, 3.8) is 0 Å². The first-order valence-corrected chi connectivity index (χ1v) is 10.6. The number of hydrogen-bond donors (Lipinski definition) is 0. The Morgan fingerprint density at radius 2 is 1.79 bits per heavy atom. The monoisotopic (exact) mass is 389 g/mol. The first-order valence-electron chi connectivity index (χ1n) is 10.6. The SMILES string of the molecule is Cn1c([C@@H]2CCCN2C(=O)C2(c3ccccc3)CCOCC2)nc2ccccc21. The summed E-state index contributed by atoms with van der Waals surface area (Å²) in [5.41, 5.74) is 2.73. The molecule has 0 N–H and O–H groups in total. The summed E-state index contributed by atoms with van der Waals surface area (Å²) in [5.74, 6) is 1.23. The van der Waals surface area contributed by atoms with E-state index in [0.29, 0.717) is 13.2 Å². The molecule has 0 saturated carbocycles. The summed E-state index contributed by atoms with van der Waals surface area (Å²) < 4.78 is 7.80. The highest BCUT2D eigenvalue weighted by atomic mass is 16.5. The maximum Gasteiger partial charge on any atom is 0.234 e. The van der Waals surface area contributed by atoms with Crippen molar-refractivity contribution >= 4 is 16.9 Å². The highest BCUT2D eigenvalue weighted by Gasteiger charge is 2.47. The van der Waals surface area contributed by atoms with Crippen molar-refractivity contribution in [1.82, 2.24) is 14.5 Å². The minimum atomic E-state index is -0.493. The van der Waals surface area contributed by atoms with Crippen molar-refractivity contribution in [2.45, 2.75) is 37.1 Å². The highest BCUT2D eigenvalue weighted by molar-refractivity contribution is 5.89. The Bertz CT molecular complexity index is 1020. The fraction of sp³-hybridized carbons (Fsp3) is 0.417. The van der Waals surface area contributed by atoms with Gasteiger partial charge in [0, 0.05) is 26.8 Å². The Hall–Kier alpha value is -2.66. The van der Waals surface area contributed by atoms with Crippen LogP contribution in [0.15, 0.2) is 54.6 Å². The molecule has 150 valence electrons. The Kier molecular flexibility index (Phi) is 4.63. The van der Waals surface area contributed by atoms with E-state index in [2.05, 4.69) is 34.7 Å². The number of amides is 1. The lowest BCUT2D eigenvalue weighted by atomic mass is 9.73. The van der Waals surface area contributed by atoms with E-state index in [0.717, 1.165) is 54.6 Å². The summed E-state index contributed by atoms with van der Waals surface area (Å²) in [5, 5.41) is 0. The molecule has 2 aliphatic heterocycles. The van der Waals surface area contributed by atoms with Crippen molar-refractivity contribution in [3.05, 3.63) is 66.0 Å². The molecule has 0 bridgehead atoms. The fourth-order valence-electron chi connectivity index (χ4n) is 5.12. The van der Waals surface area contributed by atoms with Gasteiger partial charge < -0.3 is 14.2 Å². The van der Waals surface area contributed by atoms with Crippen LogP contribution < -0.4 is 0 Å². The third-order valence-corrected chi connectivity index (χ3v) is 6.72. The average molecular weight is 389 g/mol. The van der Waals surface area contributed by atoms with Crippen molar-refractivity contribution in [1.29, 1.82) is 0 Å². The Labute approximate surface area is 171 Å². The number of para-hydroxylation sites is 2. The van der Waals surface area contributed by atoms with Gasteiger partial charge in [-0.3, -0.25) is 4.79 Å². The highest BCUT2D eigenvalue weighted by Crippen LogP contribution is 2.42. The van der Waals surface area contributed by atoms with Crippen LogP contribution >= 0.6 is 0 Å². The molecule has 1 atom stereocenters. The molecule has 0 aliphatic carbocycles. The van der Waals surface area contributed by atoms with Crippen molar-refractivity contribution in [2.75, 3.05) is 19.8 Å². The number of imidazole rings is 1. The van der Waals surface area contributed by atoms with E-state index >= 15 is 0 Å². The van der Waals surface area contributed by atoms with Gasteiger partial charge in [-0.2, -0.15) is 0 Å². The van der Waals surface area contributed by atoms with Gasteiger partial charge in [-0.25, -0.2) is 4.98 Å². The molecule has 29 heavy (non-hydrogen) atoms. The molecule has 1 aromatic heterocycles. The maximum absolute atomic E-state index is 14.1. The van der Waals surface area contributed by atoms with Crippen LogP contribution in [0.2, 0.25) is 0 Å². The zero-order chi connectivity index (χ0) is 19.8. The predicted octanol–water partition coefficient (Wildman–Crippen LogP) is 3.99. The van der Waals surface area contributed by atoms with E-state index in [1.54, 1.807) is 0 Å². The van der Waals surface area contributed by atoms with Gasteiger partial charge in [0.25, 0.3) is 0 Å². The second-order valence-electron chi connectivity index (χ2n) is 8.23. The third-order valence-electron chi connectivity index (χ3n) is 6.72. The van der Waals surface area contributed by atoms with E-state index in [9.17, 15) is 4.79 Å². The number of nitrogens with zero attached hydrogens (tertiary/aromatic N) is 3. The first-order chi connectivity index (χ1) is 14.2. The number of carbonyl (C=O) groups excluding carboxylic acids is 1. The van der Waals surface area contributed by atoms with Crippen LogP contribution in [0.3, 0.4) is 0 Å². The maximum atomic E-state index is 14.1. The Balaban J connectivity index is 1.54. The standard InChI is InChI=1S/C24H27N3O2/c1-26-20-11-6-5-10-19(20)25-22(26)21-12-7-15-27(21)23(28)24(13-16-29-17-14-24)18-8-3-2-4-9-18/h2-6,8-11,21H,7,12-17H2,1H3/t21-/m0/s1. The van der Waals surface area contributed by atoms with E-state index in [-0.39, 0.29) is 11.9 Å². The number of rotatable bonds is 3. The van der Waals surface area contributed by atoms with E-state index in [1.807, 2.05) is 36.4 Å². The molecule has 2 fully saturated rings. The average Bonchev–Trinajstić information content (AvgIpc) is 3.39. The normalized spacial score (nSPS) is 21.6. The summed E-state index contributed by atoms with van der Waals surface area (Å²) in [6, 6.07) is 18.5. The van der Waals surface area contributed by atoms with Crippen LogP contribution in [-0.2, 0) is 22.0 Å². The van der Waals surface area contributed by atoms with E-state index < -0.39 is 5.41 Å². The molecule has 2 saturated heterocycles.